The first-order valence-electron chi connectivity index (χ1n) is 6.00. The Hall–Kier alpha value is -1.29. The highest BCUT2D eigenvalue weighted by Crippen LogP contribution is 2.41. The Kier molecular flexibility index (Phi) is 4.77. The van der Waals surface area contributed by atoms with Crippen molar-refractivity contribution >= 4 is 14.1 Å². The van der Waals surface area contributed by atoms with E-state index >= 15 is 0 Å². The number of nitrogens with two attached hydrogens (primary N) is 1. The van der Waals surface area contributed by atoms with Gasteiger partial charge in [0.1, 0.15) is 18.1 Å². The summed E-state index contributed by atoms with van der Waals surface area (Å²) in [5, 5.41) is 9.45. The summed E-state index contributed by atoms with van der Waals surface area (Å²) in [5.74, 6) is -1.57. The number of aliphatic hydroxyl groups excluding tert-OH is 1. The van der Waals surface area contributed by atoms with E-state index in [4.69, 9.17) is 24.6 Å². The fourth-order valence-corrected chi connectivity index (χ4v) is 2.69. The Morgan fingerprint density at radius 3 is 2.95 bits per heavy atom. The topological polar surface area (TPSA) is 146 Å². The maximum Gasteiger partial charge on any atom is 0.351 e. The average molecular weight is 321 g/mol. The Balaban J connectivity index is 2.32. The maximum absolute atomic E-state index is 11.8. The predicted octanol–water partition coefficient (Wildman–Crippen LogP) is -1.15. The van der Waals surface area contributed by atoms with E-state index in [-0.39, 0.29) is 12.2 Å². The van der Waals surface area contributed by atoms with Crippen molar-refractivity contribution in [3.8, 4) is 0 Å². The van der Waals surface area contributed by atoms with Crippen LogP contribution in [0.1, 0.15) is 12.6 Å². The zero-order valence-corrected chi connectivity index (χ0v) is 12.1. The third-order valence-electron chi connectivity index (χ3n) is 3.21. The Labute approximate surface area is 120 Å². The lowest BCUT2D eigenvalue weighted by Crippen LogP contribution is -2.45. The molecule has 0 bridgehead atoms. The number of nitrogen functional groups attached to an aromatic ring is 1. The van der Waals surface area contributed by atoms with Gasteiger partial charge in [-0.05, 0) is 6.07 Å². The quantitative estimate of drug-likeness (QED) is 0.572. The number of rotatable bonds is 5. The van der Waals surface area contributed by atoms with E-state index in [2.05, 4.69) is 4.98 Å². The van der Waals surface area contributed by atoms with E-state index in [1.807, 2.05) is 0 Å². The number of nitrogens with zero attached hydrogens (tertiary/aromatic N) is 2. The molecule has 0 amide bonds. The molecule has 1 saturated heterocycles. The van der Waals surface area contributed by atoms with Crippen LogP contribution in [0, 0.1) is 0 Å². The zero-order valence-electron chi connectivity index (χ0n) is 11.1. The second-order valence-electron chi connectivity index (χ2n) is 4.40. The molecule has 0 saturated carbocycles. The van der Waals surface area contributed by atoms with Crippen molar-refractivity contribution in [1.82, 2.24) is 9.55 Å². The van der Waals surface area contributed by atoms with E-state index in [0.29, 0.717) is 0 Å². The van der Waals surface area contributed by atoms with Gasteiger partial charge in [0.05, 0.1) is 6.61 Å². The first-order valence-corrected chi connectivity index (χ1v) is 7.26. The SMILES string of the molecule is CO[C@]1(CO)O[C@@H](n2ccc(N)nc2=O)C[C@H]1O[PH](=O)O. The minimum absolute atomic E-state index is 0.0247. The molecule has 1 fully saturated rings. The number of aromatic nitrogens is 2. The summed E-state index contributed by atoms with van der Waals surface area (Å²) in [7, 11) is -2.02. The second kappa shape index (κ2) is 6.22. The molecule has 2 rings (SSSR count). The van der Waals surface area contributed by atoms with Crippen molar-refractivity contribution in [2.75, 3.05) is 19.5 Å². The maximum atomic E-state index is 11.8. The molecule has 1 aliphatic heterocycles. The molecule has 1 aromatic rings. The molecule has 0 aliphatic carbocycles. The number of anilines is 1. The van der Waals surface area contributed by atoms with Crippen LogP contribution in [0.25, 0.3) is 0 Å². The Bertz CT molecular complexity index is 588. The molecule has 4 atom stereocenters. The number of hydrogen-bond acceptors (Lipinski definition) is 8. The van der Waals surface area contributed by atoms with Crippen molar-refractivity contribution in [3.63, 3.8) is 0 Å². The summed E-state index contributed by atoms with van der Waals surface area (Å²) in [6.45, 7) is -0.614. The van der Waals surface area contributed by atoms with Gasteiger partial charge in [0.2, 0.25) is 5.79 Å². The largest absolute Gasteiger partial charge is 0.391 e. The molecule has 0 aromatic carbocycles. The van der Waals surface area contributed by atoms with E-state index in [9.17, 15) is 14.5 Å². The molecule has 1 aromatic heterocycles. The normalized spacial score (nSPS) is 30.4. The van der Waals surface area contributed by atoms with Crippen molar-refractivity contribution in [1.29, 1.82) is 0 Å². The van der Waals surface area contributed by atoms with Gasteiger partial charge >= 0.3 is 13.9 Å². The Morgan fingerprint density at radius 2 is 2.43 bits per heavy atom. The van der Waals surface area contributed by atoms with Crippen molar-refractivity contribution in [2.24, 2.45) is 0 Å². The summed E-state index contributed by atoms with van der Waals surface area (Å²) in [4.78, 5) is 24.3. The van der Waals surface area contributed by atoms with Crippen molar-refractivity contribution < 1.29 is 28.6 Å². The van der Waals surface area contributed by atoms with Gasteiger partial charge in [0.25, 0.3) is 0 Å². The molecule has 21 heavy (non-hydrogen) atoms. The molecule has 1 unspecified atom stereocenters. The van der Waals surface area contributed by atoms with Crippen LogP contribution in [0.5, 0.6) is 0 Å². The molecule has 2 heterocycles. The summed E-state index contributed by atoms with van der Waals surface area (Å²) in [5.41, 5.74) is 4.75. The summed E-state index contributed by atoms with van der Waals surface area (Å²) >= 11 is 0. The van der Waals surface area contributed by atoms with Crippen LogP contribution >= 0.6 is 8.25 Å². The fourth-order valence-electron chi connectivity index (χ4n) is 2.18. The highest BCUT2D eigenvalue weighted by atomic mass is 31.1. The smallest absolute Gasteiger partial charge is 0.351 e. The first kappa shape index (κ1) is 16.1. The van der Waals surface area contributed by atoms with Crippen LogP contribution in [0.3, 0.4) is 0 Å². The van der Waals surface area contributed by atoms with E-state index in [1.54, 1.807) is 0 Å². The van der Waals surface area contributed by atoms with Crippen LogP contribution in [-0.2, 0) is 18.6 Å². The van der Waals surface area contributed by atoms with E-state index in [1.165, 1.54) is 19.4 Å². The number of aliphatic hydroxyl groups is 1. The molecule has 118 valence electrons. The van der Waals surface area contributed by atoms with E-state index in [0.717, 1.165) is 4.57 Å². The molecule has 10 nitrogen and oxygen atoms in total. The monoisotopic (exact) mass is 321 g/mol. The van der Waals surface area contributed by atoms with Gasteiger partial charge in [-0.3, -0.25) is 9.13 Å². The highest BCUT2D eigenvalue weighted by molar-refractivity contribution is 7.32. The third-order valence-corrected chi connectivity index (χ3v) is 3.70. The van der Waals surface area contributed by atoms with E-state index < -0.39 is 38.7 Å². The lowest BCUT2D eigenvalue weighted by atomic mass is 10.1. The molecule has 0 spiro atoms. The van der Waals surface area contributed by atoms with Crippen molar-refractivity contribution in [2.45, 2.75) is 24.5 Å². The van der Waals surface area contributed by atoms with Gasteiger partial charge in [-0.2, -0.15) is 4.98 Å². The minimum atomic E-state index is -3.27. The van der Waals surface area contributed by atoms with Gasteiger partial charge in [0, 0.05) is 19.7 Å². The second-order valence-corrected chi connectivity index (χ2v) is 5.16. The molecular formula is C10H16N3O7P. The molecule has 11 heteroatoms. The molecule has 4 N–H and O–H groups in total. The highest BCUT2D eigenvalue weighted by Gasteiger charge is 2.51. The Morgan fingerprint density at radius 1 is 1.71 bits per heavy atom. The van der Waals surface area contributed by atoms with Crippen molar-refractivity contribution in [3.05, 3.63) is 22.7 Å². The molecule has 1 aliphatic rings. The van der Waals surface area contributed by atoms with Crippen LogP contribution < -0.4 is 11.4 Å². The lowest BCUT2D eigenvalue weighted by molar-refractivity contribution is -0.266. The number of ether oxygens (including phenoxy) is 2. The summed E-state index contributed by atoms with van der Waals surface area (Å²) in [6, 6.07) is 1.40. The third kappa shape index (κ3) is 3.15. The van der Waals surface area contributed by atoms with Crippen LogP contribution in [0.15, 0.2) is 17.1 Å². The zero-order chi connectivity index (χ0) is 15.6. The van der Waals surface area contributed by atoms with Gasteiger partial charge in [-0.15, -0.1) is 0 Å². The number of hydrogen-bond donors (Lipinski definition) is 3. The minimum Gasteiger partial charge on any atom is -0.391 e. The summed E-state index contributed by atoms with van der Waals surface area (Å²) < 4.78 is 27.5. The standard InChI is InChI=1S/C10H16N3O7P/c1-18-10(5-14)6(20-21(16)17)4-8(19-10)13-3-2-7(11)12-9(13)15/h2-3,6,8,14,21H,4-5H2,1H3,(H,16,17)(H2,11,12,15)/t6-,8-,10-/m1/s1. The lowest BCUT2D eigenvalue weighted by Gasteiger charge is -2.29. The van der Waals surface area contributed by atoms with Gasteiger partial charge in [0.15, 0.2) is 0 Å². The average Bonchev–Trinajstić information content (AvgIpc) is 2.77. The van der Waals surface area contributed by atoms with Gasteiger partial charge in [-0.1, -0.05) is 0 Å². The first-order chi connectivity index (χ1) is 9.91. The molecular weight excluding hydrogens is 305 g/mol. The van der Waals surface area contributed by atoms with Crippen LogP contribution in [0.2, 0.25) is 0 Å². The van der Waals surface area contributed by atoms with Gasteiger partial charge in [-0.25, -0.2) is 4.79 Å². The number of methoxy groups -OCH3 is 1. The van der Waals surface area contributed by atoms with Crippen LogP contribution in [-0.4, -0.2) is 45.2 Å². The fraction of sp³-hybridized carbons (Fsp3) is 0.600. The summed E-state index contributed by atoms with van der Waals surface area (Å²) in [6.07, 6.45) is -0.489. The molecule has 0 radical (unpaired) electrons. The van der Waals surface area contributed by atoms with Gasteiger partial charge < -0.3 is 29.7 Å². The van der Waals surface area contributed by atoms with Crippen LogP contribution in [0.4, 0.5) is 5.82 Å². The predicted molar refractivity (Wildman–Crippen MR) is 70.6 cm³/mol.